The number of rotatable bonds is 1. The molecular weight excluding hydrogens is 190 g/mol. The van der Waals surface area contributed by atoms with Crippen LogP contribution in [0.4, 0.5) is 0 Å². The molecule has 0 spiro atoms. The first-order valence-electron chi connectivity index (χ1n) is 5.40. The Morgan fingerprint density at radius 3 is 2.73 bits per heavy atom. The summed E-state index contributed by atoms with van der Waals surface area (Å²) in [5, 5.41) is 8.42. The van der Waals surface area contributed by atoms with Crippen molar-refractivity contribution in [3.63, 3.8) is 0 Å². The van der Waals surface area contributed by atoms with E-state index >= 15 is 0 Å². The van der Waals surface area contributed by atoms with Crippen LogP contribution in [-0.2, 0) is 23.2 Å². The van der Waals surface area contributed by atoms with Gasteiger partial charge in [0.2, 0.25) is 0 Å². The van der Waals surface area contributed by atoms with Crippen LogP contribution in [0.5, 0.6) is 0 Å². The minimum Gasteiger partial charge on any atom is -0.314 e. The number of aldehydes is 1. The molecule has 1 unspecified atom stereocenters. The lowest BCUT2D eigenvalue weighted by Gasteiger charge is -2.24. The first kappa shape index (κ1) is 10.3. The number of carbonyl (C=O) groups is 1. The van der Waals surface area contributed by atoms with Gasteiger partial charge in [0.05, 0.1) is 0 Å². The average Bonchev–Trinajstić information content (AvgIpc) is 2.59. The Balaban J connectivity index is 2.37. The van der Waals surface area contributed by atoms with Crippen LogP contribution in [0.25, 0.3) is 0 Å². The van der Waals surface area contributed by atoms with Gasteiger partial charge in [0.1, 0.15) is 17.9 Å². The molecule has 1 aliphatic rings. The van der Waals surface area contributed by atoms with Gasteiger partial charge in [0.15, 0.2) is 0 Å². The maximum atomic E-state index is 10.8. The Labute approximate surface area is 89.7 Å². The smallest absolute Gasteiger partial charge is 0.138 e. The summed E-state index contributed by atoms with van der Waals surface area (Å²) in [7, 11) is 0. The van der Waals surface area contributed by atoms with Crippen molar-refractivity contribution >= 4 is 6.29 Å². The van der Waals surface area contributed by atoms with Gasteiger partial charge in [-0.2, -0.15) is 0 Å². The molecule has 2 rings (SSSR count). The standard InChI is InChI=1S/C11H17N3O/c1-11(2,3)10-13-12-9-5-4-8(7-15)6-14(9)10/h7-8H,4-6H2,1-3H3. The van der Waals surface area contributed by atoms with Gasteiger partial charge in [-0.15, -0.1) is 10.2 Å². The van der Waals surface area contributed by atoms with Crippen LogP contribution in [0, 0.1) is 5.92 Å². The molecule has 4 nitrogen and oxygen atoms in total. The summed E-state index contributed by atoms with van der Waals surface area (Å²) in [6.07, 6.45) is 2.83. The lowest BCUT2D eigenvalue weighted by atomic mass is 9.94. The van der Waals surface area contributed by atoms with Gasteiger partial charge in [-0.1, -0.05) is 20.8 Å². The molecule has 0 bridgehead atoms. The van der Waals surface area contributed by atoms with Crippen molar-refractivity contribution in [1.29, 1.82) is 0 Å². The van der Waals surface area contributed by atoms with E-state index in [1.807, 2.05) is 0 Å². The number of aromatic nitrogens is 3. The van der Waals surface area contributed by atoms with Crippen LogP contribution in [0.3, 0.4) is 0 Å². The zero-order chi connectivity index (χ0) is 11.1. The van der Waals surface area contributed by atoms with Crippen LogP contribution in [0.2, 0.25) is 0 Å². The zero-order valence-corrected chi connectivity index (χ0v) is 9.53. The van der Waals surface area contributed by atoms with Crippen molar-refractivity contribution in [3.05, 3.63) is 11.6 Å². The molecule has 2 heterocycles. The SMILES string of the molecule is CC(C)(C)c1nnc2n1CC(C=O)CC2. The molecule has 0 aromatic carbocycles. The van der Waals surface area contributed by atoms with Gasteiger partial charge in [-0.3, -0.25) is 0 Å². The zero-order valence-electron chi connectivity index (χ0n) is 9.53. The topological polar surface area (TPSA) is 47.8 Å². The van der Waals surface area contributed by atoms with Gasteiger partial charge in [-0.25, -0.2) is 0 Å². The van der Waals surface area contributed by atoms with E-state index in [0.717, 1.165) is 37.3 Å². The molecule has 0 fully saturated rings. The Morgan fingerprint density at radius 2 is 2.13 bits per heavy atom. The third-order valence-corrected chi connectivity index (χ3v) is 2.85. The van der Waals surface area contributed by atoms with Crippen LogP contribution in [-0.4, -0.2) is 21.1 Å². The summed E-state index contributed by atoms with van der Waals surface area (Å²) in [5.41, 5.74) is -0.00394. The second-order valence-corrected chi connectivity index (χ2v) is 5.24. The van der Waals surface area contributed by atoms with Gasteiger partial charge in [0.25, 0.3) is 0 Å². The molecular formula is C11H17N3O. The number of hydrogen-bond donors (Lipinski definition) is 0. The molecule has 1 aromatic heterocycles. The Morgan fingerprint density at radius 1 is 1.40 bits per heavy atom. The third kappa shape index (κ3) is 1.80. The van der Waals surface area contributed by atoms with Crippen LogP contribution in [0.1, 0.15) is 38.8 Å². The van der Waals surface area contributed by atoms with Crippen LogP contribution in [0.15, 0.2) is 0 Å². The maximum Gasteiger partial charge on any atom is 0.138 e. The maximum absolute atomic E-state index is 10.8. The van der Waals surface area contributed by atoms with Crippen LogP contribution >= 0.6 is 0 Å². The Kier molecular flexibility index (Phi) is 2.37. The van der Waals surface area contributed by atoms with E-state index < -0.39 is 0 Å². The number of aryl methyl sites for hydroxylation is 1. The van der Waals surface area contributed by atoms with E-state index in [-0.39, 0.29) is 11.3 Å². The highest BCUT2D eigenvalue weighted by molar-refractivity contribution is 5.53. The summed E-state index contributed by atoms with van der Waals surface area (Å²) < 4.78 is 2.11. The van der Waals surface area contributed by atoms with E-state index in [1.54, 1.807) is 0 Å². The molecule has 0 saturated heterocycles. The molecule has 0 aliphatic carbocycles. The highest BCUT2D eigenvalue weighted by Crippen LogP contribution is 2.25. The Bertz CT molecular complexity index is 376. The van der Waals surface area contributed by atoms with Crippen molar-refractivity contribution in [2.24, 2.45) is 5.92 Å². The second kappa shape index (κ2) is 3.43. The van der Waals surface area contributed by atoms with Crippen molar-refractivity contribution in [2.45, 2.75) is 45.6 Å². The fourth-order valence-corrected chi connectivity index (χ4v) is 2.02. The van der Waals surface area contributed by atoms with E-state index in [9.17, 15) is 4.79 Å². The molecule has 0 N–H and O–H groups in total. The first-order valence-corrected chi connectivity index (χ1v) is 5.40. The predicted molar refractivity (Wildman–Crippen MR) is 56.6 cm³/mol. The van der Waals surface area contributed by atoms with Gasteiger partial charge in [0, 0.05) is 24.3 Å². The molecule has 0 saturated carbocycles. The van der Waals surface area contributed by atoms with Crippen molar-refractivity contribution in [1.82, 2.24) is 14.8 Å². The second-order valence-electron chi connectivity index (χ2n) is 5.24. The summed E-state index contributed by atoms with van der Waals surface area (Å²) in [4.78, 5) is 10.8. The Hall–Kier alpha value is -1.19. The summed E-state index contributed by atoms with van der Waals surface area (Å²) in [6, 6.07) is 0. The summed E-state index contributed by atoms with van der Waals surface area (Å²) >= 11 is 0. The molecule has 82 valence electrons. The molecule has 1 atom stereocenters. The highest BCUT2D eigenvalue weighted by atomic mass is 16.1. The quantitative estimate of drug-likeness (QED) is 0.653. The fraction of sp³-hybridized carbons (Fsp3) is 0.727. The summed E-state index contributed by atoms with van der Waals surface area (Å²) in [5.74, 6) is 2.15. The van der Waals surface area contributed by atoms with Gasteiger partial charge in [-0.05, 0) is 6.42 Å². The number of fused-ring (bicyclic) bond motifs is 1. The molecule has 0 radical (unpaired) electrons. The monoisotopic (exact) mass is 207 g/mol. The van der Waals surface area contributed by atoms with E-state index in [2.05, 4.69) is 35.5 Å². The minimum absolute atomic E-state index is 0.00394. The van der Waals surface area contributed by atoms with E-state index in [1.165, 1.54) is 0 Å². The molecule has 1 aromatic rings. The van der Waals surface area contributed by atoms with Crippen LogP contribution < -0.4 is 0 Å². The van der Waals surface area contributed by atoms with Crippen molar-refractivity contribution in [3.8, 4) is 0 Å². The van der Waals surface area contributed by atoms with E-state index in [0.29, 0.717) is 0 Å². The first-order chi connectivity index (χ1) is 7.02. The largest absolute Gasteiger partial charge is 0.314 e. The minimum atomic E-state index is -0.00394. The number of hydrogen-bond acceptors (Lipinski definition) is 3. The molecule has 15 heavy (non-hydrogen) atoms. The van der Waals surface area contributed by atoms with E-state index in [4.69, 9.17) is 0 Å². The van der Waals surface area contributed by atoms with Crippen molar-refractivity contribution in [2.75, 3.05) is 0 Å². The van der Waals surface area contributed by atoms with Gasteiger partial charge >= 0.3 is 0 Å². The lowest BCUT2D eigenvalue weighted by molar-refractivity contribution is -0.111. The molecule has 0 amide bonds. The predicted octanol–water partition coefficient (Wildman–Crippen LogP) is 1.34. The normalized spacial score (nSPS) is 21.1. The van der Waals surface area contributed by atoms with Gasteiger partial charge < -0.3 is 9.36 Å². The number of carbonyl (C=O) groups excluding carboxylic acids is 1. The van der Waals surface area contributed by atoms with Crippen molar-refractivity contribution < 1.29 is 4.79 Å². The third-order valence-electron chi connectivity index (χ3n) is 2.85. The lowest BCUT2D eigenvalue weighted by Crippen LogP contribution is -2.27. The molecule has 4 heteroatoms. The molecule has 1 aliphatic heterocycles. The fourth-order valence-electron chi connectivity index (χ4n) is 2.02. The highest BCUT2D eigenvalue weighted by Gasteiger charge is 2.28. The average molecular weight is 207 g/mol. The summed E-state index contributed by atoms with van der Waals surface area (Å²) in [6.45, 7) is 7.11. The number of nitrogens with zero attached hydrogens (tertiary/aromatic N) is 3.